The Morgan fingerprint density at radius 3 is 2.38 bits per heavy atom. The smallest absolute Gasteiger partial charge is 0.305 e. The second kappa shape index (κ2) is 7.47. The molecule has 114 valence electrons. The Hall–Kier alpha value is -2.31. The van der Waals surface area contributed by atoms with Crippen molar-refractivity contribution < 1.29 is 28.3 Å². The van der Waals surface area contributed by atoms with E-state index in [-0.39, 0.29) is 31.4 Å². The topological polar surface area (TPSA) is 74.7 Å². The highest BCUT2D eigenvalue weighted by Crippen LogP contribution is 2.13. The third-order valence-corrected chi connectivity index (χ3v) is 2.88. The number of halogens is 2. The summed E-state index contributed by atoms with van der Waals surface area (Å²) < 4.78 is 26.1. The zero-order valence-corrected chi connectivity index (χ0v) is 11.4. The van der Waals surface area contributed by atoms with E-state index in [1.54, 1.807) is 0 Å². The number of hydrogen-bond donors (Lipinski definition) is 1. The van der Waals surface area contributed by atoms with Crippen LogP contribution in [0.3, 0.4) is 0 Å². The number of ketones is 1. The molecule has 0 aliphatic carbocycles. The van der Waals surface area contributed by atoms with E-state index in [4.69, 9.17) is 5.11 Å². The lowest BCUT2D eigenvalue weighted by atomic mass is 10.1. The van der Waals surface area contributed by atoms with Gasteiger partial charge in [0.05, 0.1) is 12.0 Å². The molecule has 1 aromatic rings. The molecule has 0 radical (unpaired) electrons. The summed E-state index contributed by atoms with van der Waals surface area (Å²) >= 11 is 0. The fourth-order valence-electron chi connectivity index (χ4n) is 1.65. The SMILES string of the molecule is CN(CCC(=O)O)C(=O)CCC(=O)c1ccc(F)cc1F. The molecule has 0 saturated heterocycles. The number of benzene rings is 1. The van der Waals surface area contributed by atoms with Crippen LogP contribution in [0.25, 0.3) is 0 Å². The first-order valence-corrected chi connectivity index (χ1v) is 6.25. The third kappa shape index (κ3) is 5.29. The molecule has 0 aliphatic rings. The van der Waals surface area contributed by atoms with E-state index in [1.807, 2.05) is 0 Å². The molecule has 0 fully saturated rings. The maximum absolute atomic E-state index is 13.4. The predicted octanol–water partition coefficient (Wildman–Crippen LogP) is 1.86. The number of rotatable bonds is 7. The van der Waals surface area contributed by atoms with Crippen LogP contribution in [0.2, 0.25) is 0 Å². The van der Waals surface area contributed by atoms with Crippen molar-refractivity contribution in [1.29, 1.82) is 0 Å². The van der Waals surface area contributed by atoms with E-state index in [2.05, 4.69) is 0 Å². The zero-order chi connectivity index (χ0) is 16.0. The van der Waals surface area contributed by atoms with Crippen molar-refractivity contribution in [3.63, 3.8) is 0 Å². The van der Waals surface area contributed by atoms with Gasteiger partial charge >= 0.3 is 5.97 Å². The average molecular weight is 299 g/mol. The molecule has 0 aliphatic heterocycles. The third-order valence-electron chi connectivity index (χ3n) is 2.88. The lowest BCUT2D eigenvalue weighted by molar-refractivity contribution is -0.138. The summed E-state index contributed by atoms with van der Waals surface area (Å²) in [5.74, 6) is -3.79. The molecule has 0 heterocycles. The summed E-state index contributed by atoms with van der Waals surface area (Å²) in [6.45, 7) is 0.0350. The molecular weight excluding hydrogens is 284 g/mol. The minimum Gasteiger partial charge on any atom is -0.481 e. The van der Waals surface area contributed by atoms with Crippen LogP contribution >= 0.6 is 0 Å². The van der Waals surface area contributed by atoms with Crippen molar-refractivity contribution in [2.24, 2.45) is 0 Å². The normalized spacial score (nSPS) is 10.2. The van der Waals surface area contributed by atoms with Gasteiger partial charge in [-0.3, -0.25) is 14.4 Å². The Bertz CT molecular complexity index is 560. The fourth-order valence-corrected chi connectivity index (χ4v) is 1.65. The average Bonchev–Trinajstić information content (AvgIpc) is 2.41. The molecular formula is C14H15F2NO4. The summed E-state index contributed by atoms with van der Waals surface area (Å²) in [4.78, 5) is 35.0. The monoisotopic (exact) mass is 299 g/mol. The first kappa shape index (κ1) is 16.7. The molecule has 0 unspecified atom stereocenters. The van der Waals surface area contributed by atoms with Gasteiger partial charge in [-0.05, 0) is 12.1 Å². The highest BCUT2D eigenvalue weighted by Gasteiger charge is 2.16. The number of Topliss-reactive ketones (excluding diaryl/α,β-unsaturated/α-hetero) is 1. The van der Waals surface area contributed by atoms with E-state index in [9.17, 15) is 23.2 Å². The van der Waals surface area contributed by atoms with Crippen molar-refractivity contribution >= 4 is 17.7 Å². The van der Waals surface area contributed by atoms with Crippen LogP contribution in [0.5, 0.6) is 0 Å². The molecule has 1 amide bonds. The minimum absolute atomic E-state index is 0.0350. The maximum Gasteiger partial charge on any atom is 0.305 e. The fraction of sp³-hybridized carbons (Fsp3) is 0.357. The van der Waals surface area contributed by atoms with Crippen LogP contribution in [-0.2, 0) is 9.59 Å². The summed E-state index contributed by atoms with van der Waals surface area (Å²) in [7, 11) is 1.42. The van der Waals surface area contributed by atoms with Crippen molar-refractivity contribution in [2.75, 3.05) is 13.6 Å². The Morgan fingerprint density at radius 1 is 1.14 bits per heavy atom. The highest BCUT2D eigenvalue weighted by atomic mass is 19.1. The lowest BCUT2D eigenvalue weighted by Crippen LogP contribution is -2.29. The van der Waals surface area contributed by atoms with Crippen molar-refractivity contribution in [2.45, 2.75) is 19.3 Å². The molecule has 1 aromatic carbocycles. The molecule has 5 nitrogen and oxygen atoms in total. The van der Waals surface area contributed by atoms with E-state index in [0.717, 1.165) is 12.1 Å². The Labute approximate surface area is 120 Å². The van der Waals surface area contributed by atoms with Gasteiger partial charge in [-0.15, -0.1) is 0 Å². The number of amides is 1. The predicted molar refractivity (Wildman–Crippen MR) is 69.8 cm³/mol. The number of hydrogen-bond acceptors (Lipinski definition) is 3. The molecule has 1 rings (SSSR count). The van der Waals surface area contributed by atoms with Crippen LogP contribution in [0.15, 0.2) is 18.2 Å². The van der Waals surface area contributed by atoms with E-state index >= 15 is 0 Å². The first-order valence-electron chi connectivity index (χ1n) is 6.25. The van der Waals surface area contributed by atoms with E-state index in [1.165, 1.54) is 11.9 Å². The molecule has 0 bridgehead atoms. The first-order chi connectivity index (χ1) is 9.81. The Kier molecular flexibility index (Phi) is 5.95. The summed E-state index contributed by atoms with van der Waals surface area (Å²) in [5, 5.41) is 8.50. The molecule has 0 atom stereocenters. The van der Waals surface area contributed by atoms with Gasteiger partial charge in [-0.1, -0.05) is 0 Å². The van der Waals surface area contributed by atoms with Crippen LogP contribution in [0, 0.1) is 11.6 Å². The number of carboxylic acid groups (broad SMARTS) is 1. The Balaban J connectivity index is 2.52. The van der Waals surface area contributed by atoms with E-state index in [0.29, 0.717) is 6.07 Å². The second-order valence-electron chi connectivity index (χ2n) is 4.51. The highest BCUT2D eigenvalue weighted by molar-refractivity contribution is 5.98. The summed E-state index contributed by atoms with van der Waals surface area (Å²) in [6, 6.07) is 2.61. The van der Waals surface area contributed by atoms with Crippen molar-refractivity contribution in [1.82, 2.24) is 4.90 Å². The molecule has 1 N–H and O–H groups in total. The van der Waals surface area contributed by atoms with Gasteiger partial charge in [0.1, 0.15) is 11.6 Å². The number of carbonyl (C=O) groups excluding carboxylic acids is 2. The molecule has 21 heavy (non-hydrogen) atoms. The lowest BCUT2D eigenvalue weighted by Gasteiger charge is -2.15. The van der Waals surface area contributed by atoms with Gasteiger partial charge in [0, 0.05) is 32.5 Å². The zero-order valence-electron chi connectivity index (χ0n) is 11.4. The van der Waals surface area contributed by atoms with Crippen LogP contribution < -0.4 is 0 Å². The van der Waals surface area contributed by atoms with Gasteiger partial charge in [0.15, 0.2) is 5.78 Å². The van der Waals surface area contributed by atoms with Gasteiger partial charge < -0.3 is 10.0 Å². The number of nitrogens with zero attached hydrogens (tertiary/aromatic N) is 1. The van der Waals surface area contributed by atoms with Crippen LogP contribution in [-0.4, -0.2) is 41.3 Å². The number of aliphatic carboxylic acids is 1. The van der Waals surface area contributed by atoms with Crippen molar-refractivity contribution in [3.8, 4) is 0 Å². The minimum atomic E-state index is -1.03. The van der Waals surface area contributed by atoms with Gasteiger partial charge in [0.25, 0.3) is 0 Å². The van der Waals surface area contributed by atoms with Gasteiger partial charge in [-0.2, -0.15) is 0 Å². The van der Waals surface area contributed by atoms with Gasteiger partial charge in [-0.25, -0.2) is 8.78 Å². The number of carboxylic acids is 1. The van der Waals surface area contributed by atoms with Gasteiger partial charge in [0.2, 0.25) is 5.91 Å². The summed E-state index contributed by atoms with van der Waals surface area (Å²) in [6.07, 6.45) is -0.576. The Morgan fingerprint density at radius 2 is 1.81 bits per heavy atom. The molecule has 0 aromatic heterocycles. The molecule has 0 saturated carbocycles. The number of carbonyl (C=O) groups is 3. The maximum atomic E-state index is 13.4. The second-order valence-corrected chi connectivity index (χ2v) is 4.51. The van der Waals surface area contributed by atoms with Crippen LogP contribution in [0.1, 0.15) is 29.6 Å². The van der Waals surface area contributed by atoms with Crippen molar-refractivity contribution in [3.05, 3.63) is 35.4 Å². The standard InChI is InChI=1S/C14H15F2NO4/c1-17(7-6-14(20)21)13(19)5-4-12(18)10-3-2-9(15)8-11(10)16/h2-3,8H,4-7H2,1H3,(H,20,21). The quantitative estimate of drug-likeness (QED) is 0.780. The molecule has 0 spiro atoms. The summed E-state index contributed by atoms with van der Waals surface area (Å²) in [5.41, 5.74) is -0.266. The largest absolute Gasteiger partial charge is 0.481 e. The van der Waals surface area contributed by atoms with E-state index < -0.39 is 29.3 Å². The molecule has 7 heteroatoms. The van der Waals surface area contributed by atoms with Crippen LogP contribution in [0.4, 0.5) is 8.78 Å².